The normalized spacial score (nSPS) is 17.9. The van der Waals surface area contributed by atoms with Gasteiger partial charge in [-0.1, -0.05) is 18.6 Å². The number of benzene rings is 1. The molecule has 18 heavy (non-hydrogen) atoms. The third-order valence-corrected chi connectivity index (χ3v) is 5.54. The molecule has 1 heterocycles. The molecule has 1 aromatic rings. The van der Waals surface area contributed by atoms with Crippen LogP contribution < -0.4 is 0 Å². The zero-order chi connectivity index (χ0) is 13.2. The van der Waals surface area contributed by atoms with Crippen LogP contribution in [0.3, 0.4) is 0 Å². The maximum absolute atomic E-state index is 12.5. The summed E-state index contributed by atoms with van der Waals surface area (Å²) in [7, 11) is -3.40. The van der Waals surface area contributed by atoms with E-state index < -0.39 is 10.0 Å². The van der Waals surface area contributed by atoms with Gasteiger partial charge in [-0.05, 0) is 37.0 Å². The fourth-order valence-corrected chi connectivity index (χ4v) is 4.14. The smallest absolute Gasteiger partial charge is 0.243 e. The molecule has 0 bridgehead atoms. The van der Waals surface area contributed by atoms with Crippen LogP contribution in [0.4, 0.5) is 0 Å². The van der Waals surface area contributed by atoms with Gasteiger partial charge in [-0.25, -0.2) is 8.42 Å². The molecule has 100 valence electrons. The molecule has 5 heteroatoms. The van der Waals surface area contributed by atoms with Crippen molar-refractivity contribution in [3.8, 4) is 0 Å². The van der Waals surface area contributed by atoms with E-state index in [0.717, 1.165) is 19.3 Å². The van der Waals surface area contributed by atoms with Crippen LogP contribution >= 0.6 is 0 Å². The summed E-state index contributed by atoms with van der Waals surface area (Å²) in [6.07, 6.45) is 2.96. The standard InChI is InChI=1S/C13H19NO3S/c1-11-12(10-15)6-5-7-13(11)18(16,17)14-8-3-2-4-9-14/h5-7,15H,2-4,8-10H2,1H3. The molecule has 0 spiro atoms. The summed E-state index contributed by atoms with van der Waals surface area (Å²) in [5, 5.41) is 9.21. The Kier molecular flexibility index (Phi) is 4.04. The Bertz CT molecular complexity index is 519. The van der Waals surface area contributed by atoms with Crippen molar-refractivity contribution in [1.29, 1.82) is 0 Å². The maximum atomic E-state index is 12.5. The van der Waals surface area contributed by atoms with Crippen LogP contribution in [-0.2, 0) is 16.6 Å². The van der Waals surface area contributed by atoms with E-state index in [-0.39, 0.29) is 6.61 Å². The molecule has 1 N–H and O–H groups in total. The van der Waals surface area contributed by atoms with Crippen molar-refractivity contribution in [3.63, 3.8) is 0 Å². The molecule has 2 rings (SSSR count). The summed E-state index contributed by atoms with van der Waals surface area (Å²) in [6.45, 7) is 2.83. The molecular formula is C13H19NO3S. The molecule has 1 fully saturated rings. The average molecular weight is 269 g/mol. The monoisotopic (exact) mass is 269 g/mol. The van der Waals surface area contributed by atoms with E-state index in [0.29, 0.717) is 29.1 Å². The molecule has 0 amide bonds. The van der Waals surface area contributed by atoms with Gasteiger partial charge in [0.25, 0.3) is 0 Å². The molecular weight excluding hydrogens is 250 g/mol. The topological polar surface area (TPSA) is 57.6 Å². The first kappa shape index (κ1) is 13.5. The Hall–Kier alpha value is -0.910. The van der Waals surface area contributed by atoms with Gasteiger partial charge in [0.15, 0.2) is 0 Å². The summed E-state index contributed by atoms with van der Waals surface area (Å²) < 4.78 is 26.6. The van der Waals surface area contributed by atoms with Gasteiger partial charge in [0.1, 0.15) is 0 Å². The Morgan fingerprint density at radius 1 is 1.22 bits per heavy atom. The third-order valence-electron chi connectivity index (χ3n) is 3.50. The first-order chi connectivity index (χ1) is 8.57. The molecule has 0 atom stereocenters. The zero-order valence-corrected chi connectivity index (χ0v) is 11.4. The van der Waals surface area contributed by atoms with E-state index in [4.69, 9.17) is 0 Å². The number of hydrogen-bond donors (Lipinski definition) is 1. The van der Waals surface area contributed by atoms with Crippen LogP contribution in [0, 0.1) is 6.92 Å². The predicted molar refractivity (Wildman–Crippen MR) is 69.7 cm³/mol. The minimum Gasteiger partial charge on any atom is -0.392 e. The van der Waals surface area contributed by atoms with Gasteiger partial charge in [-0.3, -0.25) is 0 Å². The molecule has 0 aliphatic carbocycles. The van der Waals surface area contributed by atoms with Crippen molar-refractivity contribution in [1.82, 2.24) is 4.31 Å². The number of aliphatic hydroxyl groups is 1. The minimum absolute atomic E-state index is 0.130. The highest BCUT2D eigenvalue weighted by molar-refractivity contribution is 7.89. The fourth-order valence-electron chi connectivity index (χ4n) is 2.35. The van der Waals surface area contributed by atoms with E-state index in [1.165, 1.54) is 0 Å². The van der Waals surface area contributed by atoms with Gasteiger partial charge in [-0.15, -0.1) is 0 Å². The minimum atomic E-state index is -3.40. The lowest BCUT2D eigenvalue weighted by Gasteiger charge is -2.26. The molecule has 1 aliphatic rings. The van der Waals surface area contributed by atoms with Gasteiger partial charge in [0.2, 0.25) is 10.0 Å². The molecule has 0 saturated carbocycles. The van der Waals surface area contributed by atoms with Gasteiger partial charge in [0.05, 0.1) is 11.5 Å². The summed E-state index contributed by atoms with van der Waals surface area (Å²) in [6, 6.07) is 5.07. The lowest BCUT2D eigenvalue weighted by atomic mass is 10.1. The second-order valence-corrected chi connectivity index (χ2v) is 6.57. The van der Waals surface area contributed by atoms with E-state index in [2.05, 4.69) is 0 Å². The largest absolute Gasteiger partial charge is 0.392 e. The second-order valence-electron chi connectivity index (χ2n) is 4.66. The molecule has 1 saturated heterocycles. The van der Waals surface area contributed by atoms with Gasteiger partial charge >= 0.3 is 0 Å². The maximum Gasteiger partial charge on any atom is 0.243 e. The highest BCUT2D eigenvalue weighted by Gasteiger charge is 2.27. The number of hydrogen-bond acceptors (Lipinski definition) is 3. The Balaban J connectivity index is 2.40. The number of aliphatic hydroxyl groups excluding tert-OH is 1. The van der Waals surface area contributed by atoms with Crippen molar-refractivity contribution in [2.75, 3.05) is 13.1 Å². The van der Waals surface area contributed by atoms with Crippen molar-refractivity contribution < 1.29 is 13.5 Å². The summed E-state index contributed by atoms with van der Waals surface area (Å²) in [4.78, 5) is 0.330. The predicted octanol–water partition coefficient (Wildman–Crippen LogP) is 1.66. The number of rotatable bonds is 3. The Labute approximate surface area is 108 Å². The van der Waals surface area contributed by atoms with Gasteiger partial charge in [0, 0.05) is 13.1 Å². The molecule has 1 aromatic carbocycles. The quantitative estimate of drug-likeness (QED) is 0.908. The van der Waals surface area contributed by atoms with Crippen molar-refractivity contribution in [2.24, 2.45) is 0 Å². The molecule has 4 nitrogen and oxygen atoms in total. The molecule has 0 aromatic heterocycles. The first-order valence-electron chi connectivity index (χ1n) is 6.27. The molecule has 0 unspecified atom stereocenters. The SMILES string of the molecule is Cc1c(CO)cccc1S(=O)(=O)N1CCCCC1. The number of nitrogens with zero attached hydrogens (tertiary/aromatic N) is 1. The summed E-state index contributed by atoms with van der Waals surface area (Å²) in [5.74, 6) is 0. The summed E-state index contributed by atoms with van der Waals surface area (Å²) in [5.41, 5.74) is 1.33. The molecule has 1 aliphatic heterocycles. The van der Waals surface area contributed by atoms with Crippen LogP contribution in [0.15, 0.2) is 23.1 Å². The Morgan fingerprint density at radius 3 is 2.50 bits per heavy atom. The van der Waals surface area contributed by atoms with Crippen molar-refractivity contribution >= 4 is 10.0 Å². The number of sulfonamides is 1. The highest BCUT2D eigenvalue weighted by atomic mass is 32.2. The van der Waals surface area contributed by atoms with E-state index in [9.17, 15) is 13.5 Å². The molecule has 0 radical (unpaired) electrons. The van der Waals surface area contributed by atoms with Gasteiger partial charge < -0.3 is 5.11 Å². The third kappa shape index (κ3) is 2.43. The van der Waals surface area contributed by atoms with Crippen LogP contribution in [0.1, 0.15) is 30.4 Å². The van der Waals surface area contributed by atoms with Crippen molar-refractivity contribution in [3.05, 3.63) is 29.3 Å². The summed E-state index contributed by atoms with van der Waals surface area (Å²) >= 11 is 0. The van der Waals surface area contributed by atoms with Crippen LogP contribution in [0.5, 0.6) is 0 Å². The Morgan fingerprint density at radius 2 is 1.89 bits per heavy atom. The fraction of sp³-hybridized carbons (Fsp3) is 0.538. The number of piperidine rings is 1. The van der Waals surface area contributed by atoms with Crippen LogP contribution in [0.2, 0.25) is 0 Å². The van der Waals surface area contributed by atoms with Crippen LogP contribution in [0.25, 0.3) is 0 Å². The van der Waals surface area contributed by atoms with Crippen LogP contribution in [-0.4, -0.2) is 30.9 Å². The average Bonchev–Trinajstić information content (AvgIpc) is 2.40. The lowest BCUT2D eigenvalue weighted by Crippen LogP contribution is -2.36. The first-order valence-corrected chi connectivity index (χ1v) is 7.71. The van der Waals surface area contributed by atoms with Gasteiger partial charge in [-0.2, -0.15) is 4.31 Å². The van der Waals surface area contributed by atoms with E-state index in [1.54, 1.807) is 29.4 Å². The zero-order valence-electron chi connectivity index (χ0n) is 10.6. The van der Waals surface area contributed by atoms with Crippen molar-refractivity contribution in [2.45, 2.75) is 37.7 Å². The van der Waals surface area contributed by atoms with E-state index in [1.807, 2.05) is 0 Å². The highest BCUT2D eigenvalue weighted by Crippen LogP contribution is 2.25. The second kappa shape index (κ2) is 5.38. The van der Waals surface area contributed by atoms with E-state index >= 15 is 0 Å². The lowest BCUT2D eigenvalue weighted by molar-refractivity contribution is 0.280.